The number of aryl methyl sites for hydroxylation is 1. The van der Waals surface area contributed by atoms with Crippen molar-refractivity contribution in [3.63, 3.8) is 0 Å². The summed E-state index contributed by atoms with van der Waals surface area (Å²) in [5, 5.41) is 3.12. The van der Waals surface area contributed by atoms with Gasteiger partial charge in [0.2, 0.25) is 0 Å². The van der Waals surface area contributed by atoms with Crippen molar-refractivity contribution < 1.29 is 8.78 Å². The fourth-order valence-electron chi connectivity index (χ4n) is 2.03. The lowest BCUT2D eigenvalue weighted by atomic mass is 9.99. The highest BCUT2D eigenvalue weighted by Crippen LogP contribution is 2.28. The zero-order valence-electron chi connectivity index (χ0n) is 11.3. The number of benzene rings is 2. The SMILES string of the molecule is CNC(C)c1ccc(-c2c(F)ccc(C)c2F)cc1. The van der Waals surface area contributed by atoms with Crippen LogP contribution >= 0.6 is 0 Å². The van der Waals surface area contributed by atoms with Crippen molar-refractivity contribution in [1.82, 2.24) is 5.32 Å². The molecule has 0 aliphatic heterocycles. The van der Waals surface area contributed by atoms with Gasteiger partial charge in [-0.25, -0.2) is 8.78 Å². The average molecular weight is 261 g/mol. The van der Waals surface area contributed by atoms with Crippen LogP contribution in [0.15, 0.2) is 36.4 Å². The molecule has 100 valence electrons. The minimum atomic E-state index is -0.530. The lowest BCUT2D eigenvalue weighted by molar-refractivity contribution is 0.583. The first kappa shape index (κ1) is 13.7. The Balaban J connectivity index is 2.46. The zero-order chi connectivity index (χ0) is 14.0. The molecule has 0 aliphatic carbocycles. The van der Waals surface area contributed by atoms with Crippen LogP contribution in [0, 0.1) is 18.6 Å². The van der Waals surface area contributed by atoms with Gasteiger partial charge in [0.05, 0.1) is 5.56 Å². The monoisotopic (exact) mass is 261 g/mol. The van der Waals surface area contributed by atoms with E-state index in [4.69, 9.17) is 0 Å². The molecule has 2 aromatic rings. The van der Waals surface area contributed by atoms with Crippen molar-refractivity contribution in [2.45, 2.75) is 19.9 Å². The summed E-state index contributed by atoms with van der Waals surface area (Å²) in [5.41, 5.74) is 2.14. The predicted molar refractivity (Wildman–Crippen MR) is 74.0 cm³/mol. The molecular weight excluding hydrogens is 244 g/mol. The molecule has 0 spiro atoms. The summed E-state index contributed by atoms with van der Waals surface area (Å²) in [5.74, 6) is -1.02. The van der Waals surface area contributed by atoms with Gasteiger partial charge in [0.15, 0.2) is 0 Å². The predicted octanol–water partition coefficient (Wildman–Crippen LogP) is 4.22. The van der Waals surface area contributed by atoms with Gasteiger partial charge in [0, 0.05) is 6.04 Å². The molecule has 1 N–H and O–H groups in total. The van der Waals surface area contributed by atoms with Gasteiger partial charge in [-0.3, -0.25) is 0 Å². The average Bonchev–Trinajstić information content (AvgIpc) is 2.43. The van der Waals surface area contributed by atoms with Crippen molar-refractivity contribution >= 4 is 0 Å². The molecule has 0 aromatic heterocycles. The van der Waals surface area contributed by atoms with E-state index in [9.17, 15) is 8.78 Å². The number of hydrogen-bond donors (Lipinski definition) is 1. The topological polar surface area (TPSA) is 12.0 Å². The number of hydrogen-bond acceptors (Lipinski definition) is 1. The number of halogens is 2. The standard InChI is InChI=1S/C16H17F2N/c1-10-4-9-14(17)15(16(10)18)13-7-5-12(6-8-13)11(2)19-3/h4-9,11,19H,1-3H3. The number of nitrogens with one attached hydrogen (secondary N) is 1. The Morgan fingerprint density at radius 3 is 2.21 bits per heavy atom. The van der Waals surface area contributed by atoms with Crippen LogP contribution in [0.25, 0.3) is 11.1 Å². The molecule has 3 heteroatoms. The van der Waals surface area contributed by atoms with E-state index in [0.29, 0.717) is 11.1 Å². The van der Waals surface area contributed by atoms with E-state index >= 15 is 0 Å². The minimum absolute atomic E-state index is 0.0451. The van der Waals surface area contributed by atoms with Crippen LogP contribution < -0.4 is 5.32 Å². The first-order chi connectivity index (χ1) is 9.04. The fourth-order valence-corrected chi connectivity index (χ4v) is 2.03. The summed E-state index contributed by atoms with van der Waals surface area (Å²) >= 11 is 0. The van der Waals surface area contributed by atoms with Gasteiger partial charge in [0.25, 0.3) is 0 Å². The Hall–Kier alpha value is -1.74. The second-order valence-electron chi connectivity index (χ2n) is 4.69. The van der Waals surface area contributed by atoms with Crippen LogP contribution in [-0.2, 0) is 0 Å². The Morgan fingerprint density at radius 1 is 1.00 bits per heavy atom. The van der Waals surface area contributed by atoms with Crippen LogP contribution in [-0.4, -0.2) is 7.05 Å². The zero-order valence-corrected chi connectivity index (χ0v) is 11.3. The quantitative estimate of drug-likeness (QED) is 0.872. The molecule has 0 saturated carbocycles. The molecule has 1 atom stereocenters. The third kappa shape index (κ3) is 2.66. The molecule has 0 heterocycles. The van der Waals surface area contributed by atoms with E-state index in [1.807, 2.05) is 26.1 Å². The molecule has 0 amide bonds. The molecular formula is C16H17F2N. The van der Waals surface area contributed by atoms with E-state index < -0.39 is 11.6 Å². The highest BCUT2D eigenvalue weighted by molar-refractivity contribution is 5.66. The molecule has 0 aliphatic rings. The Labute approximate surface area is 112 Å². The van der Waals surface area contributed by atoms with Gasteiger partial charge in [0.1, 0.15) is 11.6 Å². The molecule has 1 unspecified atom stereocenters. The first-order valence-electron chi connectivity index (χ1n) is 6.26. The third-order valence-electron chi connectivity index (χ3n) is 3.42. The van der Waals surface area contributed by atoms with Crippen molar-refractivity contribution in [3.05, 3.63) is 59.2 Å². The number of rotatable bonds is 3. The van der Waals surface area contributed by atoms with Gasteiger partial charge in [-0.2, -0.15) is 0 Å². The molecule has 2 rings (SSSR count). The smallest absolute Gasteiger partial charge is 0.136 e. The summed E-state index contributed by atoms with van der Waals surface area (Å²) in [7, 11) is 1.87. The molecule has 0 saturated heterocycles. The van der Waals surface area contributed by atoms with Crippen LogP contribution in [0.4, 0.5) is 8.78 Å². The Bertz CT molecular complexity index is 576. The second kappa shape index (κ2) is 5.49. The maximum atomic E-state index is 14.0. The Morgan fingerprint density at radius 2 is 1.63 bits per heavy atom. The van der Waals surface area contributed by atoms with E-state index in [0.717, 1.165) is 5.56 Å². The summed E-state index contributed by atoms with van der Waals surface area (Å²) in [6.07, 6.45) is 0. The van der Waals surface area contributed by atoms with E-state index in [-0.39, 0.29) is 11.6 Å². The lowest BCUT2D eigenvalue weighted by Gasteiger charge is -2.12. The summed E-state index contributed by atoms with van der Waals surface area (Å²) in [6.45, 7) is 3.67. The second-order valence-corrected chi connectivity index (χ2v) is 4.69. The van der Waals surface area contributed by atoms with Crippen molar-refractivity contribution in [3.8, 4) is 11.1 Å². The lowest BCUT2D eigenvalue weighted by Crippen LogP contribution is -2.11. The minimum Gasteiger partial charge on any atom is -0.313 e. The van der Waals surface area contributed by atoms with Gasteiger partial charge in [-0.15, -0.1) is 0 Å². The van der Waals surface area contributed by atoms with Crippen molar-refractivity contribution in [1.29, 1.82) is 0 Å². The summed E-state index contributed by atoms with van der Waals surface area (Å²) < 4.78 is 27.8. The highest BCUT2D eigenvalue weighted by atomic mass is 19.1. The summed E-state index contributed by atoms with van der Waals surface area (Å²) in [6, 6.07) is 10.2. The Kier molecular flexibility index (Phi) is 3.96. The van der Waals surface area contributed by atoms with Gasteiger partial charge < -0.3 is 5.32 Å². The van der Waals surface area contributed by atoms with Crippen LogP contribution in [0.1, 0.15) is 24.1 Å². The van der Waals surface area contributed by atoms with Crippen LogP contribution in [0.5, 0.6) is 0 Å². The van der Waals surface area contributed by atoms with Gasteiger partial charge >= 0.3 is 0 Å². The molecule has 1 nitrogen and oxygen atoms in total. The fraction of sp³-hybridized carbons (Fsp3) is 0.250. The van der Waals surface area contributed by atoms with E-state index in [1.54, 1.807) is 19.1 Å². The summed E-state index contributed by atoms with van der Waals surface area (Å²) in [4.78, 5) is 0. The molecule has 0 radical (unpaired) electrons. The first-order valence-corrected chi connectivity index (χ1v) is 6.26. The van der Waals surface area contributed by atoms with E-state index in [1.165, 1.54) is 12.1 Å². The highest BCUT2D eigenvalue weighted by Gasteiger charge is 2.13. The molecule has 19 heavy (non-hydrogen) atoms. The molecule has 2 aromatic carbocycles. The van der Waals surface area contributed by atoms with Gasteiger partial charge in [-0.1, -0.05) is 30.3 Å². The normalized spacial score (nSPS) is 12.5. The van der Waals surface area contributed by atoms with Crippen molar-refractivity contribution in [2.75, 3.05) is 7.05 Å². The van der Waals surface area contributed by atoms with Crippen LogP contribution in [0.3, 0.4) is 0 Å². The third-order valence-corrected chi connectivity index (χ3v) is 3.42. The molecule has 0 bridgehead atoms. The maximum Gasteiger partial charge on any atom is 0.136 e. The maximum absolute atomic E-state index is 14.0. The van der Waals surface area contributed by atoms with Gasteiger partial charge in [-0.05, 0) is 43.7 Å². The molecule has 0 fully saturated rings. The largest absolute Gasteiger partial charge is 0.313 e. The van der Waals surface area contributed by atoms with Crippen molar-refractivity contribution in [2.24, 2.45) is 0 Å². The van der Waals surface area contributed by atoms with E-state index in [2.05, 4.69) is 5.32 Å². The van der Waals surface area contributed by atoms with Crippen LogP contribution in [0.2, 0.25) is 0 Å².